The number of pyridine rings is 1. The zero-order valence-corrected chi connectivity index (χ0v) is 11.2. The molecule has 0 unspecified atom stereocenters. The molecule has 0 spiro atoms. The molecule has 18 heavy (non-hydrogen) atoms. The number of hydrogen-bond acceptors (Lipinski definition) is 4. The Bertz CT molecular complexity index is 687. The van der Waals surface area contributed by atoms with Crippen LogP contribution in [0.2, 0.25) is 0 Å². The zero-order valence-electron chi connectivity index (χ0n) is 9.59. The molecule has 0 aliphatic rings. The maximum Gasteiger partial charge on any atom is 0.268 e. The number of nitriles is 1. The summed E-state index contributed by atoms with van der Waals surface area (Å²) in [5.41, 5.74) is 0.851. The van der Waals surface area contributed by atoms with E-state index in [4.69, 9.17) is 5.26 Å². The van der Waals surface area contributed by atoms with Crippen LogP contribution in [-0.4, -0.2) is 14.5 Å². The Morgan fingerprint density at radius 3 is 3.00 bits per heavy atom. The predicted octanol–water partition coefficient (Wildman–Crippen LogP) is 1.63. The van der Waals surface area contributed by atoms with Crippen LogP contribution in [0.5, 0.6) is 0 Å². The van der Waals surface area contributed by atoms with Crippen LogP contribution in [0.4, 0.5) is 0 Å². The third-order valence-electron chi connectivity index (χ3n) is 2.53. The van der Waals surface area contributed by atoms with Gasteiger partial charge in [0.25, 0.3) is 5.56 Å². The summed E-state index contributed by atoms with van der Waals surface area (Å²) in [7, 11) is 0. The molecule has 0 atom stereocenters. The maximum atomic E-state index is 12.0. The molecule has 0 N–H and O–H groups in total. The van der Waals surface area contributed by atoms with Crippen molar-refractivity contribution in [3.05, 3.63) is 56.4 Å². The molecule has 0 amide bonds. The molecule has 90 valence electrons. The van der Waals surface area contributed by atoms with Crippen LogP contribution in [0.1, 0.15) is 17.1 Å². The first-order valence-electron chi connectivity index (χ1n) is 5.19. The molecule has 5 nitrogen and oxygen atoms in total. The van der Waals surface area contributed by atoms with E-state index in [2.05, 4.69) is 25.9 Å². The van der Waals surface area contributed by atoms with Gasteiger partial charge >= 0.3 is 0 Å². The highest BCUT2D eigenvalue weighted by atomic mass is 79.9. The van der Waals surface area contributed by atoms with Gasteiger partial charge in [0.15, 0.2) is 0 Å². The Balaban J connectivity index is 2.51. The fraction of sp³-hybridized carbons (Fsp3) is 0.167. The minimum absolute atomic E-state index is 0.171. The summed E-state index contributed by atoms with van der Waals surface area (Å²) in [4.78, 5) is 20.0. The Morgan fingerprint density at radius 1 is 1.50 bits per heavy atom. The second-order valence-electron chi connectivity index (χ2n) is 3.67. The van der Waals surface area contributed by atoms with Crippen LogP contribution in [0.15, 0.2) is 33.8 Å². The van der Waals surface area contributed by atoms with E-state index in [0.29, 0.717) is 21.6 Å². The average Bonchev–Trinajstić information content (AvgIpc) is 2.39. The topological polar surface area (TPSA) is 71.6 Å². The number of rotatable bonds is 2. The van der Waals surface area contributed by atoms with Gasteiger partial charge in [0.1, 0.15) is 22.1 Å². The van der Waals surface area contributed by atoms with Gasteiger partial charge in [-0.2, -0.15) is 5.26 Å². The lowest BCUT2D eigenvalue weighted by molar-refractivity contribution is 0.692. The first-order valence-corrected chi connectivity index (χ1v) is 5.98. The quantitative estimate of drug-likeness (QED) is 0.845. The predicted molar refractivity (Wildman–Crippen MR) is 69.0 cm³/mol. The standard InChI is InChI=1S/C12H9BrN4O/c1-8-16-6-10(13)12(18)17(8)7-9-3-2-4-15-11(9)5-14/h2-4,6H,7H2,1H3. The number of halogens is 1. The molecule has 0 aliphatic carbocycles. The van der Waals surface area contributed by atoms with Gasteiger partial charge in [-0.05, 0) is 28.9 Å². The van der Waals surface area contributed by atoms with Gasteiger partial charge in [0.05, 0.1) is 6.54 Å². The maximum absolute atomic E-state index is 12.0. The molecule has 0 bridgehead atoms. The van der Waals surface area contributed by atoms with Crippen LogP contribution in [0, 0.1) is 18.3 Å². The molecular formula is C12H9BrN4O. The van der Waals surface area contributed by atoms with Crippen molar-refractivity contribution in [1.82, 2.24) is 14.5 Å². The molecule has 2 aromatic heterocycles. The normalized spacial score (nSPS) is 10.1. The molecule has 0 radical (unpaired) electrons. The van der Waals surface area contributed by atoms with Crippen molar-refractivity contribution in [2.45, 2.75) is 13.5 Å². The summed E-state index contributed by atoms with van der Waals surface area (Å²) >= 11 is 3.15. The monoisotopic (exact) mass is 304 g/mol. The fourth-order valence-corrected chi connectivity index (χ4v) is 1.89. The summed E-state index contributed by atoms with van der Waals surface area (Å²) in [6.07, 6.45) is 3.03. The molecule has 0 aromatic carbocycles. The molecule has 0 aliphatic heterocycles. The van der Waals surface area contributed by atoms with E-state index in [9.17, 15) is 4.79 Å². The van der Waals surface area contributed by atoms with Gasteiger partial charge < -0.3 is 0 Å². The van der Waals surface area contributed by atoms with Crippen molar-refractivity contribution in [3.63, 3.8) is 0 Å². The molecule has 2 aromatic rings. The number of hydrogen-bond donors (Lipinski definition) is 0. The van der Waals surface area contributed by atoms with E-state index in [1.807, 2.05) is 6.07 Å². The summed E-state index contributed by atoms with van der Waals surface area (Å²) in [5.74, 6) is 0.593. The fourth-order valence-electron chi connectivity index (χ4n) is 1.57. The molecule has 0 saturated carbocycles. The van der Waals surface area contributed by atoms with Gasteiger partial charge in [-0.15, -0.1) is 0 Å². The Labute approximate surface area is 112 Å². The van der Waals surface area contributed by atoms with Gasteiger partial charge in [-0.3, -0.25) is 9.36 Å². The van der Waals surface area contributed by atoms with Crippen LogP contribution < -0.4 is 5.56 Å². The van der Waals surface area contributed by atoms with Crippen LogP contribution >= 0.6 is 15.9 Å². The molecule has 2 rings (SSSR count). The first-order chi connectivity index (χ1) is 8.63. The number of nitrogens with zero attached hydrogens (tertiary/aromatic N) is 4. The van der Waals surface area contributed by atoms with Crippen molar-refractivity contribution >= 4 is 15.9 Å². The van der Waals surface area contributed by atoms with E-state index >= 15 is 0 Å². The smallest absolute Gasteiger partial charge is 0.268 e. The summed E-state index contributed by atoms with van der Waals surface area (Å²) in [5, 5.41) is 8.96. The van der Waals surface area contributed by atoms with Crippen LogP contribution in [-0.2, 0) is 6.54 Å². The summed E-state index contributed by atoms with van der Waals surface area (Å²) in [6.45, 7) is 2.03. The minimum Gasteiger partial charge on any atom is -0.291 e. The molecular weight excluding hydrogens is 296 g/mol. The van der Waals surface area contributed by atoms with Gasteiger partial charge in [-0.1, -0.05) is 6.07 Å². The van der Waals surface area contributed by atoms with Crippen molar-refractivity contribution in [1.29, 1.82) is 5.26 Å². The second kappa shape index (κ2) is 5.10. The molecule has 0 fully saturated rings. The van der Waals surface area contributed by atoms with Gasteiger partial charge in [0.2, 0.25) is 0 Å². The minimum atomic E-state index is -0.171. The first kappa shape index (κ1) is 12.5. The highest BCUT2D eigenvalue weighted by Crippen LogP contribution is 2.08. The third-order valence-corrected chi connectivity index (χ3v) is 3.07. The number of aromatic nitrogens is 3. The molecule has 0 saturated heterocycles. The Morgan fingerprint density at radius 2 is 2.28 bits per heavy atom. The lowest BCUT2D eigenvalue weighted by atomic mass is 10.2. The Kier molecular flexibility index (Phi) is 3.53. The van der Waals surface area contributed by atoms with Crippen molar-refractivity contribution < 1.29 is 0 Å². The van der Waals surface area contributed by atoms with E-state index in [1.54, 1.807) is 25.3 Å². The van der Waals surface area contributed by atoms with E-state index in [0.717, 1.165) is 0 Å². The van der Waals surface area contributed by atoms with Crippen LogP contribution in [0.3, 0.4) is 0 Å². The second-order valence-corrected chi connectivity index (χ2v) is 4.52. The summed E-state index contributed by atoms with van der Waals surface area (Å²) < 4.78 is 1.90. The van der Waals surface area contributed by atoms with Crippen molar-refractivity contribution in [2.75, 3.05) is 0 Å². The van der Waals surface area contributed by atoms with E-state index in [1.165, 1.54) is 10.8 Å². The molecule has 6 heteroatoms. The van der Waals surface area contributed by atoms with Crippen molar-refractivity contribution in [3.8, 4) is 6.07 Å². The average molecular weight is 305 g/mol. The van der Waals surface area contributed by atoms with E-state index < -0.39 is 0 Å². The van der Waals surface area contributed by atoms with E-state index in [-0.39, 0.29) is 12.1 Å². The lowest BCUT2D eigenvalue weighted by Crippen LogP contribution is -2.25. The van der Waals surface area contributed by atoms with Crippen molar-refractivity contribution in [2.24, 2.45) is 0 Å². The van der Waals surface area contributed by atoms with Gasteiger partial charge in [0, 0.05) is 18.0 Å². The van der Waals surface area contributed by atoms with Gasteiger partial charge in [-0.25, -0.2) is 9.97 Å². The highest BCUT2D eigenvalue weighted by molar-refractivity contribution is 9.10. The third kappa shape index (κ3) is 2.31. The lowest BCUT2D eigenvalue weighted by Gasteiger charge is -2.09. The molecule has 2 heterocycles. The summed E-state index contributed by atoms with van der Waals surface area (Å²) in [6, 6.07) is 5.52. The van der Waals surface area contributed by atoms with Crippen LogP contribution in [0.25, 0.3) is 0 Å². The highest BCUT2D eigenvalue weighted by Gasteiger charge is 2.09. The zero-order chi connectivity index (χ0) is 13.1. The number of aryl methyl sites for hydroxylation is 1. The largest absolute Gasteiger partial charge is 0.291 e. The Hall–Kier alpha value is -2.00. The SMILES string of the molecule is Cc1ncc(Br)c(=O)n1Cc1cccnc1C#N.